The van der Waals surface area contributed by atoms with Crippen LogP contribution in [0.4, 0.5) is 4.79 Å². The number of aromatic nitrogens is 1. The summed E-state index contributed by atoms with van der Waals surface area (Å²) in [6.07, 6.45) is 2.39. The first-order valence-electron chi connectivity index (χ1n) is 6.88. The number of carbonyl (C=O) groups is 1. The van der Waals surface area contributed by atoms with Crippen LogP contribution in [0.5, 0.6) is 0 Å². The molecule has 1 fully saturated rings. The van der Waals surface area contributed by atoms with Gasteiger partial charge in [0.25, 0.3) is 0 Å². The normalized spacial score (nSPS) is 21.0. The molecule has 0 saturated carbocycles. The molecule has 1 aromatic rings. The minimum atomic E-state index is -0.454. The van der Waals surface area contributed by atoms with E-state index < -0.39 is 5.60 Å². The Morgan fingerprint density at radius 2 is 2.30 bits per heavy atom. The smallest absolute Gasteiger partial charge is 0.410 e. The first-order valence-corrected chi connectivity index (χ1v) is 7.76. The number of hydrogen-bond donors (Lipinski definition) is 0. The van der Waals surface area contributed by atoms with Gasteiger partial charge in [-0.2, -0.15) is 0 Å². The molecule has 1 aliphatic rings. The molecule has 1 amide bonds. The van der Waals surface area contributed by atoms with Crippen LogP contribution < -0.4 is 0 Å². The summed E-state index contributed by atoms with van der Waals surface area (Å²) in [4.78, 5) is 17.9. The quantitative estimate of drug-likeness (QED) is 0.859. The van der Waals surface area contributed by atoms with E-state index in [4.69, 9.17) is 9.47 Å². The van der Waals surface area contributed by atoms with Gasteiger partial charge >= 0.3 is 6.09 Å². The maximum atomic E-state index is 12.0. The zero-order valence-electron chi connectivity index (χ0n) is 12.5. The van der Waals surface area contributed by atoms with E-state index in [1.165, 1.54) is 0 Å². The van der Waals surface area contributed by atoms with Crippen molar-refractivity contribution in [3.8, 4) is 0 Å². The largest absolute Gasteiger partial charge is 0.444 e. The minimum Gasteiger partial charge on any atom is -0.444 e. The SMILES string of the molecule is CC(OC1CCN(C(=O)OC(C)(C)C)C1)c1nccs1. The molecule has 1 aliphatic heterocycles. The first-order chi connectivity index (χ1) is 9.35. The highest BCUT2D eigenvalue weighted by Gasteiger charge is 2.31. The molecule has 2 unspecified atom stereocenters. The van der Waals surface area contributed by atoms with E-state index in [2.05, 4.69) is 4.98 Å². The molecule has 1 saturated heterocycles. The van der Waals surface area contributed by atoms with Crippen molar-refractivity contribution in [2.45, 2.75) is 51.9 Å². The maximum absolute atomic E-state index is 12.0. The van der Waals surface area contributed by atoms with Crippen LogP contribution in [-0.2, 0) is 9.47 Å². The molecule has 0 radical (unpaired) electrons. The Labute approximate surface area is 123 Å². The molecule has 20 heavy (non-hydrogen) atoms. The molecule has 6 heteroatoms. The highest BCUT2D eigenvalue weighted by atomic mass is 32.1. The van der Waals surface area contributed by atoms with Crippen molar-refractivity contribution in [3.05, 3.63) is 16.6 Å². The summed E-state index contributed by atoms with van der Waals surface area (Å²) in [5.74, 6) is 0. The summed E-state index contributed by atoms with van der Waals surface area (Å²) >= 11 is 1.59. The predicted octanol–water partition coefficient (Wildman–Crippen LogP) is 3.23. The predicted molar refractivity (Wildman–Crippen MR) is 77.8 cm³/mol. The van der Waals surface area contributed by atoms with E-state index in [1.807, 2.05) is 33.1 Å². The van der Waals surface area contributed by atoms with Crippen LogP contribution in [-0.4, -0.2) is 40.8 Å². The van der Waals surface area contributed by atoms with Gasteiger partial charge in [-0.1, -0.05) is 0 Å². The summed E-state index contributed by atoms with van der Waals surface area (Å²) < 4.78 is 11.3. The van der Waals surface area contributed by atoms with E-state index in [-0.39, 0.29) is 18.3 Å². The van der Waals surface area contributed by atoms with E-state index in [0.717, 1.165) is 11.4 Å². The molecule has 0 bridgehead atoms. The zero-order chi connectivity index (χ0) is 14.8. The van der Waals surface area contributed by atoms with Crippen LogP contribution >= 0.6 is 11.3 Å². The standard InChI is InChI=1S/C14H22N2O3S/c1-10(12-15-6-8-20-12)18-11-5-7-16(9-11)13(17)19-14(2,3)4/h6,8,10-11H,5,7,9H2,1-4H3. The Kier molecular flexibility index (Phi) is 4.65. The molecule has 2 atom stereocenters. The van der Waals surface area contributed by atoms with Crippen molar-refractivity contribution in [1.29, 1.82) is 0 Å². The van der Waals surface area contributed by atoms with Crippen LogP contribution in [0.15, 0.2) is 11.6 Å². The summed E-state index contributed by atoms with van der Waals surface area (Å²) in [5, 5.41) is 2.91. The lowest BCUT2D eigenvalue weighted by Gasteiger charge is -2.24. The van der Waals surface area contributed by atoms with Gasteiger partial charge in [0.15, 0.2) is 0 Å². The van der Waals surface area contributed by atoms with Crippen molar-refractivity contribution in [3.63, 3.8) is 0 Å². The van der Waals surface area contributed by atoms with Crippen LogP contribution in [0, 0.1) is 0 Å². The summed E-state index contributed by atoms with van der Waals surface area (Å²) in [6, 6.07) is 0. The minimum absolute atomic E-state index is 0.0291. The summed E-state index contributed by atoms with van der Waals surface area (Å²) in [6.45, 7) is 8.89. The van der Waals surface area contributed by atoms with Crippen molar-refractivity contribution >= 4 is 17.4 Å². The van der Waals surface area contributed by atoms with Gasteiger partial charge in [-0.15, -0.1) is 11.3 Å². The lowest BCUT2D eigenvalue weighted by molar-refractivity contribution is -0.00399. The van der Waals surface area contributed by atoms with Gasteiger partial charge < -0.3 is 14.4 Å². The average Bonchev–Trinajstić information content (AvgIpc) is 2.97. The van der Waals surface area contributed by atoms with Gasteiger partial charge in [0, 0.05) is 18.1 Å². The topological polar surface area (TPSA) is 51.7 Å². The average molecular weight is 298 g/mol. The van der Waals surface area contributed by atoms with Crippen molar-refractivity contribution in [1.82, 2.24) is 9.88 Å². The maximum Gasteiger partial charge on any atom is 0.410 e. The van der Waals surface area contributed by atoms with Gasteiger partial charge in [-0.05, 0) is 34.1 Å². The van der Waals surface area contributed by atoms with Crippen LogP contribution in [0.3, 0.4) is 0 Å². The fourth-order valence-corrected chi connectivity index (χ4v) is 2.74. The van der Waals surface area contributed by atoms with E-state index in [0.29, 0.717) is 13.1 Å². The molecule has 5 nitrogen and oxygen atoms in total. The van der Waals surface area contributed by atoms with Crippen molar-refractivity contribution in [2.24, 2.45) is 0 Å². The molecular weight excluding hydrogens is 276 g/mol. The first kappa shape index (κ1) is 15.3. The van der Waals surface area contributed by atoms with Gasteiger partial charge in [0.2, 0.25) is 0 Å². The third-order valence-electron chi connectivity index (χ3n) is 2.99. The van der Waals surface area contributed by atoms with Crippen molar-refractivity contribution < 1.29 is 14.3 Å². The molecule has 0 N–H and O–H groups in total. The Hall–Kier alpha value is -1.14. The third kappa shape index (κ3) is 4.18. The zero-order valence-corrected chi connectivity index (χ0v) is 13.3. The Balaban J connectivity index is 1.82. The fourth-order valence-electron chi connectivity index (χ4n) is 2.11. The number of rotatable bonds is 3. The Morgan fingerprint density at radius 1 is 1.55 bits per heavy atom. The second-order valence-electron chi connectivity index (χ2n) is 5.99. The number of hydrogen-bond acceptors (Lipinski definition) is 5. The molecular formula is C14H22N2O3S. The van der Waals surface area contributed by atoms with E-state index >= 15 is 0 Å². The van der Waals surface area contributed by atoms with Crippen LogP contribution in [0.2, 0.25) is 0 Å². The molecule has 0 aliphatic carbocycles. The Bertz CT molecular complexity index is 442. The number of thiazole rings is 1. The highest BCUT2D eigenvalue weighted by Crippen LogP contribution is 2.25. The monoisotopic (exact) mass is 298 g/mol. The van der Waals surface area contributed by atoms with E-state index in [9.17, 15) is 4.79 Å². The second kappa shape index (κ2) is 6.10. The lowest BCUT2D eigenvalue weighted by atomic mass is 10.2. The molecule has 112 valence electrons. The van der Waals surface area contributed by atoms with Gasteiger partial charge in [0.1, 0.15) is 16.7 Å². The Morgan fingerprint density at radius 3 is 2.90 bits per heavy atom. The summed E-state index contributed by atoms with van der Waals surface area (Å²) in [5.41, 5.74) is -0.454. The van der Waals surface area contributed by atoms with Gasteiger partial charge in [-0.25, -0.2) is 9.78 Å². The molecule has 0 spiro atoms. The number of likely N-dealkylation sites (tertiary alicyclic amines) is 1. The number of amides is 1. The third-order valence-corrected chi connectivity index (χ3v) is 3.93. The van der Waals surface area contributed by atoms with E-state index in [1.54, 1.807) is 22.4 Å². The van der Waals surface area contributed by atoms with Gasteiger partial charge in [-0.3, -0.25) is 0 Å². The number of ether oxygens (including phenoxy) is 2. The van der Waals surface area contributed by atoms with Crippen molar-refractivity contribution in [2.75, 3.05) is 13.1 Å². The lowest BCUT2D eigenvalue weighted by Crippen LogP contribution is -2.36. The molecule has 1 aromatic heterocycles. The molecule has 2 heterocycles. The second-order valence-corrected chi connectivity index (χ2v) is 6.91. The highest BCUT2D eigenvalue weighted by molar-refractivity contribution is 7.09. The fraction of sp³-hybridized carbons (Fsp3) is 0.714. The number of carbonyl (C=O) groups excluding carboxylic acids is 1. The number of nitrogens with zero attached hydrogens (tertiary/aromatic N) is 2. The summed E-state index contributed by atoms with van der Waals surface area (Å²) in [7, 11) is 0. The van der Waals surface area contributed by atoms with Crippen LogP contribution in [0.25, 0.3) is 0 Å². The molecule has 2 rings (SSSR count). The van der Waals surface area contributed by atoms with Gasteiger partial charge in [0.05, 0.1) is 12.6 Å². The van der Waals surface area contributed by atoms with Crippen LogP contribution in [0.1, 0.15) is 45.2 Å². The molecule has 0 aromatic carbocycles.